The van der Waals surface area contributed by atoms with Crippen LogP contribution in [0, 0.1) is 17.5 Å². The Kier molecular flexibility index (Phi) is 6.92. The van der Waals surface area contributed by atoms with E-state index in [0.29, 0.717) is 33.8 Å². The van der Waals surface area contributed by atoms with Crippen molar-refractivity contribution in [3.05, 3.63) is 65.1 Å². The number of aromatic nitrogens is 3. The first-order chi connectivity index (χ1) is 18.0. The van der Waals surface area contributed by atoms with Crippen molar-refractivity contribution in [1.29, 1.82) is 0 Å². The van der Waals surface area contributed by atoms with E-state index in [1.54, 1.807) is 31.3 Å². The van der Waals surface area contributed by atoms with Gasteiger partial charge in [0, 0.05) is 31.9 Å². The molecule has 0 saturated heterocycles. The highest BCUT2D eigenvalue weighted by Gasteiger charge is 2.29. The number of thiazole rings is 1. The molecule has 0 bridgehead atoms. The molecule has 0 radical (unpaired) electrons. The van der Waals surface area contributed by atoms with E-state index in [1.165, 1.54) is 23.5 Å². The van der Waals surface area contributed by atoms with Crippen molar-refractivity contribution in [2.45, 2.75) is 23.8 Å². The summed E-state index contributed by atoms with van der Waals surface area (Å²) < 4.78 is 72.1. The number of nitrogens with zero attached hydrogens (tertiary/aromatic N) is 4. The largest absolute Gasteiger partial charge is 0.354 e. The molecule has 2 N–H and O–H groups in total. The van der Waals surface area contributed by atoms with Gasteiger partial charge >= 0.3 is 0 Å². The smallest absolute Gasteiger partial charge is 0.267 e. The molecule has 5 rings (SSSR count). The molecule has 2 aromatic heterocycles. The molecule has 14 heteroatoms. The summed E-state index contributed by atoms with van der Waals surface area (Å²) in [7, 11) is -1.32. The van der Waals surface area contributed by atoms with Gasteiger partial charge in [-0.3, -0.25) is 4.72 Å². The fraction of sp³-hybridized carbons (Fsp3) is 0.208. The average Bonchev–Trinajstić information content (AvgIpc) is 3.56. The molecule has 0 spiro atoms. The van der Waals surface area contributed by atoms with Gasteiger partial charge in [0.15, 0.2) is 21.7 Å². The predicted molar refractivity (Wildman–Crippen MR) is 142 cm³/mol. The highest BCUT2D eigenvalue weighted by Crippen LogP contribution is 2.41. The third-order valence-electron chi connectivity index (χ3n) is 5.57. The van der Waals surface area contributed by atoms with Gasteiger partial charge in [0.2, 0.25) is 5.95 Å². The van der Waals surface area contributed by atoms with Crippen molar-refractivity contribution < 1.29 is 21.6 Å². The van der Waals surface area contributed by atoms with Crippen LogP contribution < -0.4 is 14.9 Å². The Hall–Kier alpha value is -3.42. The van der Waals surface area contributed by atoms with E-state index >= 15 is 4.39 Å². The minimum atomic E-state index is -4.88. The summed E-state index contributed by atoms with van der Waals surface area (Å²) in [6, 6.07) is 7.56. The van der Waals surface area contributed by atoms with E-state index in [1.807, 2.05) is 4.72 Å². The Morgan fingerprint density at radius 1 is 1.05 bits per heavy atom. The van der Waals surface area contributed by atoms with Crippen LogP contribution in [0.25, 0.3) is 21.8 Å². The van der Waals surface area contributed by atoms with Gasteiger partial charge in [-0.1, -0.05) is 29.0 Å². The Morgan fingerprint density at radius 3 is 2.53 bits per heavy atom. The van der Waals surface area contributed by atoms with E-state index in [9.17, 15) is 17.2 Å². The molecule has 4 aromatic rings. The third-order valence-corrected chi connectivity index (χ3v) is 8.50. The number of nitrogens with one attached hydrogen (secondary N) is 2. The predicted octanol–water partition coefficient (Wildman–Crippen LogP) is 5.78. The molecule has 1 fully saturated rings. The molecule has 0 unspecified atom stereocenters. The maximum Gasteiger partial charge on any atom is 0.267 e. The molecule has 2 heterocycles. The zero-order valence-electron chi connectivity index (χ0n) is 20.0. The van der Waals surface area contributed by atoms with Crippen LogP contribution in [0.3, 0.4) is 0 Å². The second kappa shape index (κ2) is 10.0. The molecular formula is C24H20ClF3N6O2S2. The highest BCUT2D eigenvalue weighted by atomic mass is 35.5. The fourth-order valence-electron chi connectivity index (χ4n) is 3.57. The monoisotopic (exact) mass is 580 g/mol. The summed E-state index contributed by atoms with van der Waals surface area (Å²) in [6.45, 7) is 0. The van der Waals surface area contributed by atoms with E-state index in [-0.39, 0.29) is 11.3 Å². The quantitative estimate of drug-likeness (QED) is 0.255. The van der Waals surface area contributed by atoms with Gasteiger partial charge in [-0.15, -0.1) is 0 Å². The second-order valence-corrected chi connectivity index (χ2v) is 11.7. The number of benzene rings is 2. The van der Waals surface area contributed by atoms with E-state index in [2.05, 4.69) is 20.3 Å². The lowest BCUT2D eigenvalue weighted by Gasteiger charge is -2.13. The number of hydrogen-bond acceptors (Lipinski definition) is 8. The molecule has 1 aliphatic rings. The number of rotatable bonds is 8. The van der Waals surface area contributed by atoms with Crippen LogP contribution in [0.1, 0.15) is 12.8 Å². The first-order valence-corrected chi connectivity index (χ1v) is 14.0. The zero-order valence-corrected chi connectivity index (χ0v) is 22.4. The van der Waals surface area contributed by atoms with Gasteiger partial charge < -0.3 is 10.2 Å². The molecule has 8 nitrogen and oxygen atoms in total. The topological polar surface area (TPSA) is 100 Å². The van der Waals surface area contributed by atoms with Crippen molar-refractivity contribution in [1.82, 2.24) is 15.0 Å². The Bertz CT molecular complexity index is 1640. The first kappa shape index (κ1) is 26.2. The standard InChI is InChI=1S/C24H20ClF3N6O2S2/c1-34(2)24-32-20(21(37-24)17-10-11-29-23(31-17)30-12-6-7-12)13-4-3-5-16(18(13)27)33-38(35,36)22-15(26)9-8-14(25)19(22)28/h3-5,8-12,33H,6-7H2,1-2H3,(H,29,30,31). The van der Waals surface area contributed by atoms with E-state index < -0.39 is 43.1 Å². The van der Waals surface area contributed by atoms with Crippen molar-refractivity contribution >= 4 is 49.7 Å². The molecular weight excluding hydrogens is 561 g/mol. The maximum atomic E-state index is 15.8. The molecule has 38 heavy (non-hydrogen) atoms. The van der Waals surface area contributed by atoms with Crippen LogP contribution in [0.2, 0.25) is 5.02 Å². The molecule has 1 aliphatic carbocycles. The van der Waals surface area contributed by atoms with Crippen molar-refractivity contribution in [3.63, 3.8) is 0 Å². The van der Waals surface area contributed by atoms with Crippen LogP contribution in [-0.2, 0) is 10.0 Å². The molecule has 0 aliphatic heterocycles. The summed E-state index contributed by atoms with van der Waals surface area (Å²) in [5.74, 6) is -3.40. The van der Waals surface area contributed by atoms with Gasteiger partial charge in [0.1, 0.15) is 5.82 Å². The van der Waals surface area contributed by atoms with Gasteiger partial charge in [-0.05, 0) is 43.2 Å². The Labute approximate surface area is 225 Å². The molecule has 1 saturated carbocycles. The minimum absolute atomic E-state index is 0.0353. The SMILES string of the molecule is CN(C)c1nc(-c2cccc(NS(=O)(=O)c3c(F)ccc(Cl)c3F)c2F)c(-c2ccnc(NC3CC3)n2)s1. The Balaban J connectivity index is 1.58. The summed E-state index contributed by atoms with van der Waals surface area (Å²) in [5, 5.41) is 3.18. The molecule has 198 valence electrons. The average molecular weight is 581 g/mol. The number of hydrogen-bond donors (Lipinski definition) is 2. The number of halogens is 4. The second-order valence-electron chi connectivity index (χ2n) is 8.70. The lowest BCUT2D eigenvalue weighted by molar-refractivity contribution is 0.521. The molecule has 0 atom stereocenters. The van der Waals surface area contributed by atoms with E-state index in [4.69, 9.17) is 11.6 Å². The van der Waals surface area contributed by atoms with Gasteiger partial charge in [-0.2, -0.15) is 0 Å². The highest BCUT2D eigenvalue weighted by molar-refractivity contribution is 7.92. The van der Waals surface area contributed by atoms with E-state index in [0.717, 1.165) is 25.0 Å². The first-order valence-electron chi connectivity index (χ1n) is 11.3. The van der Waals surface area contributed by atoms with Gasteiger partial charge in [0.25, 0.3) is 10.0 Å². The van der Waals surface area contributed by atoms with Crippen molar-refractivity contribution in [2.24, 2.45) is 0 Å². The van der Waals surface area contributed by atoms with Crippen LogP contribution in [0.4, 0.5) is 29.9 Å². The van der Waals surface area contributed by atoms with Crippen LogP contribution >= 0.6 is 22.9 Å². The summed E-state index contributed by atoms with van der Waals surface area (Å²) in [5.41, 5.74) is 0.156. The lowest BCUT2D eigenvalue weighted by atomic mass is 10.1. The zero-order chi connectivity index (χ0) is 27.2. The summed E-state index contributed by atoms with van der Waals surface area (Å²) in [4.78, 5) is 14.3. The third kappa shape index (κ3) is 5.13. The molecule has 2 aromatic carbocycles. The maximum absolute atomic E-state index is 15.8. The number of anilines is 3. The lowest BCUT2D eigenvalue weighted by Crippen LogP contribution is -2.17. The van der Waals surface area contributed by atoms with Crippen molar-refractivity contribution in [3.8, 4) is 21.8 Å². The minimum Gasteiger partial charge on any atom is -0.354 e. The van der Waals surface area contributed by atoms with Gasteiger partial charge in [-0.25, -0.2) is 36.5 Å². The van der Waals surface area contributed by atoms with Crippen LogP contribution in [0.15, 0.2) is 47.5 Å². The van der Waals surface area contributed by atoms with Crippen molar-refractivity contribution in [2.75, 3.05) is 29.0 Å². The summed E-state index contributed by atoms with van der Waals surface area (Å²) >= 11 is 6.91. The van der Waals surface area contributed by atoms with Gasteiger partial charge in [0.05, 0.1) is 27.0 Å². The number of sulfonamides is 1. The van der Waals surface area contributed by atoms with Crippen LogP contribution in [0.5, 0.6) is 0 Å². The molecule has 0 amide bonds. The van der Waals surface area contributed by atoms with Crippen LogP contribution in [-0.4, -0.2) is 43.5 Å². The fourth-order valence-corrected chi connectivity index (χ4v) is 5.97. The normalized spacial score (nSPS) is 13.4. The Morgan fingerprint density at radius 2 is 1.82 bits per heavy atom. The summed E-state index contributed by atoms with van der Waals surface area (Å²) in [6.07, 6.45) is 3.64.